The first kappa shape index (κ1) is 23.9. The van der Waals surface area contributed by atoms with E-state index in [0.29, 0.717) is 13.1 Å². The van der Waals surface area contributed by atoms with Crippen molar-refractivity contribution >= 4 is 17.4 Å². The van der Waals surface area contributed by atoms with Crippen LogP contribution in [0.1, 0.15) is 12.5 Å². The van der Waals surface area contributed by atoms with Gasteiger partial charge in [-0.3, -0.25) is 4.57 Å². The zero-order valence-corrected chi connectivity index (χ0v) is 19.7. The lowest BCUT2D eigenvalue weighted by atomic mass is 9.94. The molecule has 1 saturated heterocycles. The van der Waals surface area contributed by atoms with Crippen LogP contribution < -0.4 is 21.1 Å². The van der Waals surface area contributed by atoms with Crippen molar-refractivity contribution in [2.75, 3.05) is 18.0 Å². The van der Waals surface area contributed by atoms with Crippen LogP contribution in [0.25, 0.3) is 5.69 Å². The molecule has 0 atom stereocenters. The number of rotatable bonds is 6. The maximum atomic E-state index is 15.0. The number of hydrogen-bond donors (Lipinski definition) is 1. The van der Waals surface area contributed by atoms with Crippen LogP contribution in [0.3, 0.4) is 0 Å². The van der Waals surface area contributed by atoms with Crippen molar-refractivity contribution in [2.45, 2.75) is 19.0 Å². The second kappa shape index (κ2) is 8.99. The molecular formula is C24H20ClF3N6O2. The Hall–Kier alpha value is -3.83. The summed E-state index contributed by atoms with van der Waals surface area (Å²) in [6.45, 7) is 2.45. The second-order valence-electron chi connectivity index (χ2n) is 8.83. The van der Waals surface area contributed by atoms with Crippen molar-refractivity contribution in [1.82, 2.24) is 19.3 Å². The van der Waals surface area contributed by atoms with Crippen LogP contribution in [0.4, 0.5) is 19.0 Å². The molecule has 0 saturated carbocycles. The first-order valence-electron chi connectivity index (χ1n) is 10.9. The molecule has 5 rings (SSSR count). The van der Waals surface area contributed by atoms with Crippen LogP contribution in [0.5, 0.6) is 11.5 Å². The largest absolute Gasteiger partial charge is 0.453 e. The first-order valence-corrected chi connectivity index (χ1v) is 11.2. The molecule has 0 amide bonds. The third kappa shape index (κ3) is 4.42. The average Bonchev–Trinajstić information content (AvgIpc) is 3.17. The summed E-state index contributed by atoms with van der Waals surface area (Å²) >= 11 is 6.35. The smallest absolute Gasteiger partial charge is 0.350 e. The summed E-state index contributed by atoms with van der Waals surface area (Å²) in [5.41, 5.74) is 4.99. The van der Waals surface area contributed by atoms with Crippen molar-refractivity contribution in [3.63, 3.8) is 0 Å². The molecule has 2 N–H and O–H groups in total. The Morgan fingerprint density at radius 3 is 2.50 bits per heavy atom. The summed E-state index contributed by atoms with van der Waals surface area (Å²) in [7, 11) is 0. The zero-order chi connectivity index (χ0) is 25.6. The molecule has 186 valence electrons. The first-order chi connectivity index (χ1) is 17.1. The normalized spacial score (nSPS) is 14.6. The lowest BCUT2D eigenvalue weighted by molar-refractivity contribution is 0.355. The third-order valence-corrected chi connectivity index (χ3v) is 6.04. The van der Waals surface area contributed by atoms with E-state index >= 15 is 4.39 Å². The van der Waals surface area contributed by atoms with Gasteiger partial charge in [-0.2, -0.15) is 14.2 Å². The standard InChI is InChI=1S/C24H20ClF3N6O2/c1-24(29)11-33(12-24)22-21(28)20(7-8-30-22)36-19-6-5-14(9-16(19)25)34-23(35)32(13-31-34)10-15-17(26)3-2-4-18(15)27/h2-9,13H,10-12,29H2,1H3. The van der Waals surface area contributed by atoms with E-state index in [9.17, 15) is 13.6 Å². The van der Waals surface area contributed by atoms with Crippen LogP contribution in [0, 0.1) is 17.5 Å². The predicted molar refractivity (Wildman–Crippen MR) is 127 cm³/mol. The van der Waals surface area contributed by atoms with Gasteiger partial charge in [0.1, 0.15) is 23.7 Å². The number of pyridine rings is 1. The number of benzene rings is 2. The Balaban J connectivity index is 1.37. The van der Waals surface area contributed by atoms with Crippen LogP contribution in [0.15, 0.2) is 59.8 Å². The van der Waals surface area contributed by atoms with Gasteiger partial charge in [-0.25, -0.2) is 18.6 Å². The molecule has 1 aliphatic rings. The van der Waals surface area contributed by atoms with E-state index in [0.717, 1.165) is 21.4 Å². The topological polar surface area (TPSA) is 91.2 Å². The molecule has 0 spiro atoms. The number of anilines is 1. The molecule has 4 aromatic rings. The minimum Gasteiger partial charge on any atom is -0.453 e. The highest BCUT2D eigenvalue weighted by Crippen LogP contribution is 2.35. The summed E-state index contributed by atoms with van der Waals surface area (Å²) < 4.78 is 50.7. The number of ether oxygens (including phenoxy) is 1. The molecule has 0 radical (unpaired) electrons. The number of nitrogens with two attached hydrogens (primary N) is 1. The van der Waals surface area contributed by atoms with E-state index in [1.807, 2.05) is 6.92 Å². The SMILES string of the molecule is CC1(N)CN(c2nccc(Oc3ccc(-n4ncn(Cc5c(F)cccc5F)c4=O)cc3Cl)c2F)C1. The summed E-state index contributed by atoms with van der Waals surface area (Å²) in [4.78, 5) is 18.6. The summed E-state index contributed by atoms with van der Waals surface area (Å²) in [5.74, 6) is -1.98. The molecule has 2 aromatic heterocycles. The molecule has 0 bridgehead atoms. The fourth-order valence-electron chi connectivity index (χ4n) is 3.99. The maximum Gasteiger partial charge on any atom is 0.350 e. The third-order valence-electron chi connectivity index (χ3n) is 5.74. The van der Waals surface area contributed by atoms with E-state index in [1.54, 1.807) is 4.90 Å². The Morgan fingerprint density at radius 2 is 1.83 bits per heavy atom. The molecule has 0 aliphatic carbocycles. The van der Waals surface area contributed by atoms with Crippen molar-refractivity contribution in [1.29, 1.82) is 0 Å². The fourth-order valence-corrected chi connectivity index (χ4v) is 4.20. The van der Waals surface area contributed by atoms with Crippen molar-refractivity contribution in [2.24, 2.45) is 5.73 Å². The van der Waals surface area contributed by atoms with Gasteiger partial charge in [0.15, 0.2) is 11.6 Å². The minimum absolute atomic E-state index is 0.0753. The van der Waals surface area contributed by atoms with Crippen molar-refractivity contribution in [3.8, 4) is 17.2 Å². The van der Waals surface area contributed by atoms with Gasteiger partial charge in [0, 0.05) is 36.5 Å². The molecule has 12 heteroatoms. The van der Waals surface area contributed by atoms with Gasteiger partial charge in [0.25, 0.3) is 0 Å². The van der Waals surface area contributed by atoms with Crippen molar-refractivity contribution in [3.05, 3.63) is 93.5 Å². The molecule has 0 unspecified atom stereocenters. The summed E-state index contributed by atoms with van der Waals surface area (Å²) in [6, 6.07) is 9.20. The maximum absolute atomic E-state index is 15.0. The van der Waals surface area contributed by atoms with Gasteiger partial charge >= 0.3 is 5.69 Å². The molecule has 3 heterocycles. The van der Waals surface area contributed by atoms with E-state index < -0.39 is 28.7 Å². The van der Waals surface area contributed by atoms with Gasteiger partial charge in [0.05, 0.1) is 17.3 Å². The van der Waals surface area contributed by atoms with Crippen molar-refractivity contribution < 1.29 is 17.9 Å². The van der Waals surface area contributed by atoms with E-state index in [1.165, 1.54) is 42.9 Å². The number of aromatic nitrogens is 4. The molecule has 2 aromatic carbocycles. The Kier molecular flexibility index (Phi) is 5.97. The van der Waals surface area contributed by atoms with Gasteiger partial charge in [-0.15, -0.1) is 0 Å². The van der Waals surface area contributed by atoms with Crippen LogP contribution in [0.2, 0.25) is 5.02 Å². The van der Waals surface area contributed by atoms with E-state index in [4.69, 9.17) is 22.1 Å². The van der Waals surface area contributed by atoms with Gasteiger partial charge in [-0.05, 0) is 37.3 Å². The number of nitrogens with zero attached hydrogens (tertiary/aromatic N) is 5. The van der Waals surface area contributed by atoms with Crippen LogP contribution in [-0.2, 0) is 6.54 Å². The second-order valence-corrected chi connectivity index (χ2v) is 9.23. The molecule has 1 aliphatic heterocycles. The number of halogens is 4. The van der Waals surface area contributed by atoms with Crippen LogP contribution >= 0.6 is 11.6 Å². The highest BCUT2D eigenvalue weighted by atomic mass is 35.5. The average molecular weight is 517 g/mol. The molecular weight excluding hydrogens is 497 g/mol. The predicted octanol–water partition coefficient (Wildman–Crippen LogP) is 3.88. The lowest BCUT2D eigenvalue weighted by Crippen LogP contribution is -2.66. The van der Waals surface area contributed by atoms with Gasteiger partial charge < -0.3 is 15.4 Å². The summed E-state index contributed by atoms with van der Waals surface area (Å²) in [6.07, 6.45) is 2.59. The van der Waals surface area contributed by atoms with E-state index in [-0.39, 0.29) is 40.1 Å². The molecule has 1 fully saturated rings. The highest BCUT2D eigenvalue weighted by Gasteiger charge is 2.37. The highest BCUT2D eigenvalue weighted by molar-refractivity contribution is 6.32. The fraction of sp³-hybridized carbons (Fsp3) is 0.208. The zero-order valence-electron chi connectivity index (χ0n) is 19.0. The Morgan fingerprint density at radius 1 is 1.11 bits per heavy atom. The quantitative estimate of drug-likeness (QED) is 0.418. The minimum atomic E-state index is -0.767. The Bertz CT molecular complexity index is 1490. The molecule has 36 heavy (non-hydrogen) atoms. The van der Waals surface area contributed by atoms with Gasteiger partial charge in [-0.1, -0.05) is 17.7 Å². The summed E-state index contributed by atoms with van der Waals surface area (Å²) in [5, 5.41) is 4.10. The Labute approximate surface area is 208 Å². The lowest BCUT2D eigenvalue weighted by Gasteiger charge is -2.46. The number of hydrogen-bond acceptors (Lipinski definition) is 6. The molecule has 8 nitrogen and oxygen atoms in total. The van der Waals surface area contributed by atoms with Gasteiger partial charge in [0.2, 0.25) is 5.82 Å². The monoisotopic (exact) mass is 516 g/mol. The van der Waals surface area contributed by atoms with Crippen LogP contribution in [-0.4, -0.2) is 38.0 Å². The van der Waals surface area contributed by atoms with E-state index in [2.05, 4.69) is 10.1 Å².